The summed E-state index contributed by atoms with van der Waals surface area (Å²) in [5.74, 6) is 0. The van der Waals surface area contributed by atoms with Crippen molar-refractivity contribution in [1.82, 2.24) is 5.32 Å². The van der Waals surface area contributed by atoms with E-state index >= 15 is 0 Å². The molecule has 0 saturated carbocycles. The minimum Gasteiger partial charge on any atom is -0.384 e. The Hall–Kier alpha value is -1.94. The summed E-state index contributed by atoms with van der Waals surface area (Å²) < 4.78 is 1.01. The first kappa shape index (κ1) is 20.8. The van der Waals surface area contributed by atoms with Gasteiger partial charge in [-0.1, -0.05) is 82.7 Å². The van der Waals surface area contributed by atoms with Gasteiger partial charge in [-0.05, 0) is 55.1 Å². The van der Waals surface area contributed by atoms with Crippen LogP contribution in [0.25, 0.3) is 5.57 Å². The van der Waals surface area contributed by atoms with Crippen LogP contribution in [-0.4, -0.2) is 18.2 Å². The molecule has 0 saturated heterocycles. The van der Waals surface area contributed by atoms with Gasteiger partial charge in [-0.15, -0.1) is 6.58 Å². The quantitative estimate of drug-likeness (QED) is 0.400. The van der Waals surface area contributed by atoms with E-state index in [4.69, 9.17) is 0 Å². The van der Waals surface area contributed by atoms with Crippen LogP contribution < -0.4 is 5.32 Å². The van der Waals surface area contributed by atoms with E-state index in [1.165, 1.54) is 11.1 Å². The molecule has 0 aromatic heterocycles. The van der Waals surface area contributed by atoms with E-state index in [1.807, 2.05) is 43.3 Å². The first-order valence-corrected chi connectivity index (χ1v) is 10.5. The molecule has 28 heavy (non-hydrogen) atoms. The van der Waals surface area contributed by atoms with Crippen molar-refractivity contribution >= 4 is 21.5 Å². The Labute approximate surface area is 176 Å². The summed E-state index contributed by atoms with van der Waals surface area (Å²) in [6.07, 6.45) is 10.2. The highest BCUT2D eigenvalue weighted by Crippen LogP contribution is 2.47. The lowest BCUT2D eigenvalue weighted by Crippen LogP contribution is -2.49. The maximum atomic E-state index is 11.7. The molecule has 3 rings (SSSR count). The van der Waals surface area contributed by atoms with Crippen LogP contribution in [0.2, 0.25) is 0 Å². The van der Waals surface area contributed by atoms with Crippen molar-refractivity contribution in [2.45, 2.75) is 25.4 Å². The van der Waals surface area contributed by atoms with E-state index in [9.17, 15) is 5.11 Å². The predicted molar refractivity (Wildman–Crippen MR) is 122 cm³/mol. The van der Waals surface area contributed by atoms with Gasteiger partial charge in [-0.25, -0.2) is 0 Å². The zero-order valence-corrected chi connectivity index (χ0v) is 18.0. The van der Waals surface area contributed by atoms with Gasteiger partial charge in [0, 0.05) is 16.4 Å². The minimum atomic E-state index is -1.01. The molecule has 0 aliphatic heterocycles. The molecule has 0 radical (unpaired) electrons. The number of benzene rings is 2. The molecule has 2 nitrogen and oxygen atoms in total. The molecule has 2 N–H and O–H groups in total. The Morgan fingerprint density at radius 3 is 2.50 bits per heavy atom. The number of nitrogens with one attached hydrogen (secondary N) is 1. The molecule has 0 heterocycles. The third-order valence-electron chi connectivity index (χ3n) is 5.72. The van der Waals surface area contributed by atoms with Crippen LogP contribution in [0.3, 0.4) is 0 Å². The summed E-state index contributed by atoms with van der Waals surface area (Å²) >= 11 is 3.49. The second kappa shape index (κ2) is 9.04. The van der Waals surface area contributed by atoms with E-state index in [-0.39, 0.29) is 0 Å². The molecule has 0 fully saturated rings. The number of hydrogen-bond donors (Lipinski definition) is 2. The summed E-state index contributed by atoms with van der Waals surface area (Å²) in [5.41, 5.74) is 1.89. The van der Waals surface area contributed by atoms with Crippen LogP contribution >= 0.6 is 15.9 Å². The van der Waals surface area contributed by atoms with Crippen molar-refractivity contribution in [1.29, 1.82) is 0 Å². The van der Waals surface area contributed by atoms with E-state index in [1.54, 1.807) is 0 Å². The topological polar surface area (TPSA) is 32.3 Å². The molecule has 1 aliphatic rings. The summed E-state index contributed by atoms with van der Waals surface area (Å²) in [4.78, 5) is 0. The van der Waals surface area contributed by atoms with Crippen molar-refractivity contribution in [3.05, 3.63) is 101 Å². The summed E-state index contributed by atoms with van der Waals surface area (Å²) in [7, 11) is 0. The normalized spacial score (nSPS) is 21.0. The molecule has 0 amide bonds. The summed E-state index contributed by atoms with van der Waals surface area (Å²) in [5, 5.41) is 15.2. The van der Waals surface area contributed by atoms with Gasteiger partial charge in [-0.3, -0.25) is 0 Å². The molecule has 0 spiro atoms. The number of halogens is 1. The lowest BCUT2D eigenvalue weighted by Gasteiger charge is -2.45. The van der Waals surface area contributed by atoms with Gasteiger partial charge in [-0.2, -0.15) is 0 Å². The SMILES string of the molecule is C=CCCNCC1(C(C)(O)c2ccc(Br)cc2)C=CC(c2ccccc2)=CC1. The molecule has 2 aromatic carbocycles. The maximum absolute atomic E-state index is 11.7. The van der Waals surface area contributed by atoms with E-state index in [0.29, 0.717) is 6.54 Å². The highest BCUT2D eigenvalue weighted by atomic mass is 79.9. The molecule has 2 aromatic rings. The molecule has 146 valence electrons. The van der Waals surface area contributed by atoms with Crippen LogP contribution in [0.5, 0.6) is 0 Å². The average molecular weight is 438 g/mol. The van der Waals surface area contributed by atoms with Gasteiger partial charge >= 0.3 is 0 Å². The second-order valence-corrected chi connectivity index (χ2v) is 8.47. The van der Waals surface area contributed by atoms with Gasteiger partial charge in [0.15, 0.2) is 0 Å². The van der Waals surface area contributed by atoms with Crippen LogP contribution in [0.15, 0.2) is 90.0 Å². The predicted octanol–water partition coefficient (Wildman–Crippen LogP) is 5.85. The number of rotatable bonds is 8. The smallest absolute Gasteiger partial charge is 0.0974 e. The molecular weight excluding hydrogens is 410 g/mol. The Morgan fingerprint density at radius 1 is 1.18 bits per heavy atom. The fraction of sp³-hybridized carbons (Fsp3) is 0.280. The largest absolute Gasteiger partial charge is 0.384 e. The third kappa shape index (κ3) is 4.38. The first-order valence-electron chi connectivity index (χ1n) is 9.73. The second-order valence-electron chi connectivity index (χ2n) is 7.55. The lowest BCUT2D eigenvalue weighted by atomic mass is 9.65. The van der Waals surface area contributed by atoms with Crippen LogP contribution in [-0.2, 0) is 5.60 Å². The van der Waals surface area contributed by atoms with Crippen molar-refractivity contribution in [2.24, 2.45) is 5.41 Å². The van der Waals surface area contributed by atoms with Gasteiger partial charge in [0.2, 0.25) is 0 Å². The first-order chi connectivity index (χ1) is 13.5. The molecule has 1 aliphatic carbocycles. The fourth-order valence-corrected chi connectivity index (χ4v) is 4.03. The number of allylic oxidation sites excluding steroid dienone is 3. The Balaban J connectivity index is 1.91. The van der Waals surface area contributed by atoms with Gasteiger partial charge < -0.3 is 10.4 Å². The van der Waals surface area contributed by atoms with Crippen LogP contribution in [0.4, 0.5) is 0 Å². The summed E-state index contributed by atoms with van der Waals surface area (Å²) in [6.45, 7) is 7.27. The van der Waals surface area contributed by atoms with Gasteiger partial charge in [0.1, 0.15) is 0 Å². The molecule has 2 unspecified atom stereocenters. The van der Waals surface area contributed by atoms with Crippen molar-refractivity contribution in [2.75, 3.05) is 13.1 Å². The highest BCUT2D eigenvalue weighted by molar-refractivity contribution is 9.10. The summed E-state index contributed by atoms with van der Waals surface area (Å²) in [6, 6.07) is 18.4. The van der Waals surface area contributed by atoms with Crippen molar-refractivity contribution in [3.8, 4) is 0 Å². The minimum absolute atomic E-state index is 0.430. The molecule has 0 bridgehead atoms. The van der Waals surface area contributed by atoms with Crippen LogP contribution in [0.1, 0.15) is 30.9 Å². The van der Waals surface area contributed by atoms with E-state index in [0.717, 1.165) is 29.4 Å². The van der Waals surface area contributed by atoms with Gasteiger partial charge in [0.05, 0.1) is 5.60 Å². The average Bonchev–Trinajstić information content (AvgIpc) is 2.72. The Kier molecular flexibility index (Phi) is 6.71. The molecule has 3 heteroatoms. The highest BCUT2D eigenvalue weighted by Gasteiger charge is 2.46. The monoisotopic (exact) mass is 437 g/mol. The zero-order chi connectivity index (χ0) is 20.0. The number of hydrogen-bond acceptors (Lipinski definition) is 2. The third-order valence-corrected chi connectivity index (χ3v) is 6.25. The molecular formula is C25H28BrNO. The van der Waals surface area contributed by atoms with Crippen molar-refractivity contribution in [3.63, 3.8) is 0 Å². The number of aliphatic hydroxyl groups is 1. The molecule has 2 atom stereocenters. The standard InChI is InChI=1S/C25H28BrNO/c1-3-4-18-27-19-25(24(2,28)22-10-12-23(26)13-11-22)16-14-21(15-17-25)20-8-6-5-7-9-20/h3,5-16,27-28H,1,4,17-19H2,2H3. The fourth-order valence-electron chi connectivity index (χ4n) is 3.76. The van der Waals surface area contributed by atoms with Crippen LogP contribution in [0, 0.1) is 5.41 Å². The Morgan fingerprint density at radius 2 is 1.89 bits per heavy atom. The lowest BCUT2D eigenvalue weighted by molar-refractivity contribution is -0.0482. The zero-order valence-electron chi connectivity index (χ0n) is 16.4. The van der Waals surface area contributed by atoms with E-state index < -0.39 is 11.0 Å². The Bertz CT molecular complexity index is 852. The van der Waals surface area contributed by atoms with E-state index in [2.05, 4.69) is 70.3 Å². The maximum Gasteiger partial charge on any atom is 0.0974 e. The van der Waals surface area contributed by atoms with Crippen molar-refractivity contribution < 1.29 is 5.11 Å². The van der Waals surface area contributed by atoms with Gasteiger partial charge in [0.25, 0.3) is 0 Å².